The van der Waals surface area contributed by atoms with Crippen LogP contribution in [0.2, 0.25) is 0 Å². The van der Waals surface area contributed by atoms with Crippen LogP contribution in [0, 0.1) is 0 Å². The number of amides is 2. The van der Waals surface area contributed by atoms with Gasteiger partial charge in [-0.25, -0.2) is 4.79 Å². The first kappa shape index (κ1) is 10.8. The van der Waals surface area contributed by atoms with Crippen molar-refractivity contribution in [3.63, 3.8) is 0 Å². The van der Waals surface area contributed by atoms with Crippen molar-refractivity contribution in [1.82, 2.24) is 9.80 Å². The average Bonchev–Trinajstić information content (AvgIpc) is 2.02. The summed E-state index contributed by atoms with van der Waals surface area (Å²) in [6.45, 7) is 5.54. The largest absolute Gasteiger partial charge is 0.465 e. The lowest BCUT2D eigenvalue weighted by atomic mass is 10.0. The molecule has 0 aliphatic carbocycles. The van der Waals surface area contributed by atoms with Gasteiger partial charge in [0.05, 0.1) is 0 Å². The summed E-state index contributed by atoms with van der Waals surface area (Å²) in [7, 11) is 0. The van der Waals surface area contributed by atoms with E-state index in [1.54, 1.807) is 4.90 Å². The van der Waals surface area contributed by atoms with Gasteiger partial charge in [-0.05, 0) is 20.3 Å². The predicted molar refractivity (Wildman–Crippen MR) is 51.1 cm³/mol. The molecule has 1 saturated heterocycles. The fraction of sp³-hybridized carbons (Fsp3) is 0.778. The molecule has 0 aromatic heterocycles. The van der Waals surface area contributed by atoms with Crippen LogP contribution in [0.1, 0.15) is 20.3 Å². The maximum Gasteiger partial charge on any atom is 0.407 e. The third kappa shape index (κ3) is 1.81. The van der Waals surface area contributed by atoms with E-state index in [9.17, 15) is 9.59 Å². The van der Waals surface area contributed by atoms with Crippen LogP contribution in [0.15, 0.2) is 0 Å². The number of nitrogens with zero attached hydrogens (tertiary/aromatic N) is 2. The van der Waals surface area contributed by atoms with E-state index < -0.39 is 12.1 Å². The van der Waals surface area contributed by atoms with Gasteiger partial charge in [-0.3, -0.25) is 9.69 Å². The first-order valence-electron chi connectivity index (χ1n) is 4.90. The van der Waals surface area contributed by atoms with Gasteiger partial charge in [-0.1, -0.05) is 0 Å². The predicted octanol–water partition coefficient (Wildman–Crippen LogP) is 0.607. The van der Waals surface area contributed by atoms with E-state index in [1.807, 2.05) is 13.8 Å². The third-order valence-corrected chi connectivity index (χ3v) is 2.63. The van der Waals surface area contributed by atoms with Crippen molar-refractivity contribution in [2.45, 2.75) is 26.3 Å². The van der Waals surface area contributed by atoms with Crippen LogP contribution in [0.25, 0.3) is 0 Å². The Hall–Kier alpha value is -1.26. The molecule has 1 aliphatic rings. The molecular weight excluding hydrogens is 184 g/mol. The smallest absolute Gasteiger partial charge is 0.407 e. The number of rotatable bonds is 3. The van der Waals surface area contributed by atoms with Crippen molar-refractivity contribution in [1.29, 1.82) is 0 Å². The minimum atomic E-state index is -0.998. The number of hydrogen-bond acceptors (Lipinski definition) is 2. The van der Waals surface area contributed by atoms with Crippen LogP contribution in [-0.4, -0.2) is 52.6 Å². The van der Waals surface area contributed by atoms with Crippen LogP contribution < -0.4 is 0 Å². The zero-order valence-corrected chi connectivity index (χ0v) is 8.56. The fourth-order valence-corrected chi connectivity index (χ4v) is 1.62. The van der Waals surface area contributed by atoms with Crippen LogP contribution in [-0.2, 0) is 4.79 Å². The maximum atomic E-state index is 11.7. The van der Waals surface area contributed by atoms with Gasteiger partial charge in [0.15, 0.2) is 0 Å². The number of likely N-dealkylation sites (tertiary alicyclic amines) is 1. The average molecular weight is 200 g/mol. The van der Waals surface area contributed by atoms with E-state index in [0.717, 1.165) is 0 Å². The molecular formula is C9H16N2O3. The van der Waals surface area contributed by atoms with Gasteiger partial charge in [-0.2, -0.15) is 0 Å². The van der Waals surface area contributed by atoms with E-state index in [0.29, 0.717) is 26.1 Å². The lowest BCUT2D eigenvalue weighted by Gasteiger charge is -2.39. The molecule has 1 N–H and O–H groups in total. The molecule has 0 spiro atoms. The molecule has 5 heteroatoms. The van der Waals surface area contributed by atoms with E-state index in [1.165, 1.54) is 4.90 Å². The Kier molecular flexibility index (Phi) is 3.33. The zero-order chi connectivity index (χ0) is 10.7. The molecule has 80 valence electrons. The first-order valence-corrected chi connectivity index (χ1v) is 4.90. The van der Waals surface area contributed by atoms with E-state index in [2.05, 4.69) is 0 Å². The van der Waals surface area contributed by atoms with Gasteiger partial charge >= 0.3 is 6.09 Å². The van der Waals surface area contributed by atoms with Crippen molar-refractivity contribution in [3.8, 4) is 0 Å². The number of likely N-dealkylation sites (N-methyl/N-ethyl adjacent to an activating group) is 1. The number of carboxylic acid groups (broad SMARTS) is 1. The number of hydrogen-bond donors (Lipinski definition) is 1. The third-order valence-electron chi connectivity index (χ3n) is 2.63. The van der Waals surface area contributed by atoms with Gasteiger partial charge < -0.3 is 10.0 Å². The van der Waals surface area contributed by atoms with Gasteiger partial charge in [-0.15, -0.1) is 0 Å². The maximum absolute atomic E-state index is 11.7. The molecule has 1 aliphatic heterocycles. The second-order valence-electron chi connectivity index (χ2n) is 3.29. The molecule has 5 nitrogen and oxygen atoms in total. The Morgan fingerprint density at radius 3 is 2.29 bits per heavy atom. The second-order valence-corrected chi connectivity index (χ2v) is 3.29. The molecule has 0 aromatic carbocycles. The van der Waals surface area contributed by atoms with E-state index >= 15 is 0 Å². The van der Waals surface area contributed by atoms with Gasteiger partial charge in [0, 0.05) is 19.6 Å². The number of carbonyl (C=O) groups excluding carboxylic acids is 1. The van der Waals surface area contributed by atoms with Crippen molar-refractivity contribution in [2.24, 2.45) is 0 Å². The Labute approximate surface area is 83.3 Å². The molecule has 0 aromatic rings. The summed E-state index contributed by atoms with van der Waals surface area (Å²) in [6.07, 6.45) is -0.344. The standard InChI is InChI=1S/C9H16N2O3/c1-3-10(4-2)8(12)7-5-6-11(7)9(13)14/h7H,3-6H2,1-2H3,(H,13,14). The Morgan fingerprint density at radius 1 is 1.43 bits per heavy atom. The Morgan fingerprint density at radius 2 is 2.00 bits per heavy atom. The normalized spacial score (nSPS) is 20.1. The summed E-state index contributed by atoms with van der Waals surface area (Å²) in [5, 5.41) is 8.73. The summed E-state index contributed by atoms with van der Waals surface area (Å²) in [5.41, 5.74) is 0. The van der Waals surface area contributed by atoms with Gasteiger partial charge in [0.1, 0.15) is 6.04 Å². The van der Waals surface area contributed by atoms with Crippen molar-refractivity contribution in [3.05, 3.63) is 0 Å². The summed E-state index contributed by atoms with van der Waals surface area (Å²) >= 11 is 0. The molecule has 0 bridgehead atoms. The minimum absolute atomic E-state index is 0.0661. The molecule has 1 atom stereocenters. The van der Waals surface area contributed by atoms with Crippen LogP contribution >= 0.6 is 0 Å². The van der Waals surface area contributed by atoms with Gasteiger partial charge in [0.25, 0.3) is 0 Å². The lowest BCUT2D eigenvalue weighted by Crippen LogP contribution is -2.58. The second kappa shape index (κ2) is 4.30. The van der Waals surface area contributed by atoms with Crippen LogP contribution in [0.5, 0.6) is 0 Å². The van der Waals surface area contributed by atoms with E-state index in [4.69, 9.17) is 5.11 Å². The summed E-state index contributed by atoms with van der Waals surface area (Å²) in [5.74, 6) is -0.0661. The van der Waals surface area contributed by atoms with Crippen LogP contribution in [0.3, 0.4) is 0 Å². The lowest BCUT2D eigenvalue weighted by molar-refractivity contribution is -0.139. The summed E-state index contributed by atoms with van der Waals surface area (Å²) in [4.78, 5) is 25.2. The number of carbonyl (C=O) groups is 2. The van der Waals surface area contributed by atoms with Crippen molar-refractivity contribution < 1.29 is 14.7 Å². The quantitative estimate of drug-likeness (QED) is 0.726. The van der Waals surface area contributed by atoms with Crippen molar-refractivity contribution in [2.75, 3.05) is 19.6 Å². The monoisotopic (exact) mass is 200 g/mol. The molecule has 0 saturated carbocycles. The van der Waals surface area contributed by atoms with Gasteiger partial charge in [0.2, 0.25) is 5.91 Å². The molecule has 0 radical (unpaired) electrons. The molecule has 1 rings (SSSR count). The topological polar surface area (TPSA) is 60.9 Å². The Balaban J connectivity index is 2.57. The highest BCUT2D eigenvalue weighted by Gasteiger charge is 2.39. The fourth-order valence-electron chi connectivity index (χ4n) is 1.62. The highest BCUT2D eigenvalue weighted by molar-refractivity contribution is 5.86. The highest BCUT2D eigenvalue weighted by Crippen LogP contribution is 2.19. The van der Waals surface area contributed by atoms with E-state index in [-0.39, 0.29) is 5.91 Å². The molecule has 1 fully saturated rings. The van der Waals surface area contributed by atoms with Crippen molar-refractivity contribution >= 4 is 12.0 Å². The SMILES string of the molecule is CCN(CC)C(=O)C1CCN1C(=O)O. The van der Waals surface area contributed by atoms with Crippen LogP contribution in [0.4, 0.5) is 4.79 Å². The molecule has 14 heavy (non-hydrogen) atoms. The Bertz CT molecular complexity index is 238. The molecule has 1 heterocycles. The molecule has 1 unspecified atom stereocenters. The summed E-state index contributed by atoms with van der Waals surface area (Å²) in [6, 6.07) is -0.438. The minimum Gasteiger partial charge on any atom is -0.465 e. The summed E-state index contributed by atoms with van der Waals surface area (Å²) < 4.78 is 0. The highest BCUT2D eigenvalue weighted by atomic mass is 16.4. The zero-order valence-electron chi connectivity index (χ0n) is 8.56. The molecule has 2 amide bonds. The first-order chi connectivity index (χ1) is 6.61.